The zero-order valence-electron chi connectivity index (χ0n) is 14.4. The molecule has 26 heavy (non-hydrogen) atoms. The van der Waals surface area contributed by atoms with Gasteiger partial charge in [0.1, 0.15) is 5.41 Å². The molecule has 0 aliphatic heterocycles. The molecule has 2 rings (SSSR count). The summed E-state index contributed by atoms with van der Waals surface area (Å²) < 4.78 is 0.347. The number of thiocarbonyl (C=S) groups is 1. The maximum atomic E-state index is 13.5. The van der Waals surface area contributed by atoms with E-state index < -0.39 is 5.41 Å². The summed E-state index contributed by atoms with van der Waals surface area (Å²) in [6.45, 7) is 7.46. The molecule has 0 aliphatic carbocycles. The van der Waals surface area contributed by atoms with Gasteiger partial charge in [-0.15, -0.1) is 24.9 Å². The van der Waals surface area contributed by atoms with Crippen LogP contribution >= 0.6 is 24.0 Å². The minimum atomic E-state index is -1.46. The van der Waals surface area contributed by atoms with Gasteiger partial charge in [0.05, 0.1) is 4.20 Å². The molecule has 2 aromatic carbocycles. The topological polar surface area (TPSA) is 34.1 Å². The zero-order chi connectivity index (χ0) is 19.0. The molecule has 0 aliphatic rings. The molecule has 4 heteroatoms. The van der Waals surface area contributed by atoms with E-state index in [1.54, 1.807) is 60.7 Å². The van der Waals surface area contributed by atoms with E-state index in [9.17, 15) is 9.59 Å². The summed E-state index contributed by atoms with van der Waals surface area (Å²) in [7, 11) is 0. The number of carbonyl (C=O) groups is 2. The first-order valence-electron chi connectivity index (χ1n) is 8.16. The van der Waals surface area contributed by atoms with Gasteiger partial charge in [-0.1, -0.05) is 85.0 Å². The first-order valence-corrected chi connectivity index (χ1v) is 9.56. The summed E-state index contributed by atoms with van der Waals surface area (Å²) in [4.78, 5) is 27.0. The molecule has 0 unspecified atom stereocenters. The molecule has 0 bridgehead atoms. The predicted molar refractivity (Wildman–Crippen MR) is 114 cm³/mol. The number of thioether (sulfide) groups is 1. The zero-order valence-corrected chi connectivity index (χ0v) is 16.0. The Morgan fingerprint density at radius 2 is 1.35 bits per heavy atom. The lowest BCUT2D eigenvalue weighted by Gasteiger charge is -2.30. The van der Waals surface area contributed by atoms with Gasteiger partial charge in [-0.05, 0) is 6.42 Å². The van der Waals surface area contributed by atoms with E-state index in [-0.39, 0.29) is 18.0 Å². The SMILES string of the molecule is C=CCSC(=S)C(CC=C)(C(=O)c1ccccc1)C(=O)c1ccccc1. The Kier molecular flexibility index (Phi) is 7.25. The van der Waals surface area contributed by atoms with Crippen LogP contribution in [0.1, 0.15) is 27.1 Å². The Labute approximate surface area is 164 Å². The van der Waals surface area contributed by atoms with Crippen molar-refractivity contribution < 1.29 is 9.59 Å². The molecule has 0 fully saturated rings. The highest BCUT2D eigenvalue weighted by Gasteiger charge is 2.48. The Bertz CT molecular complexity index is 759. The number of allylic oxidation sites excluding steroid dienone is 1. The molecule has 0 N–H and O–H groups in total. The highest BCUT2D eigenvalue weighted by atomic mass is 32.2. The van der Waals surface area contributed by atoms with Gasteiger partial charge >= 0.3 is 0 Å². The molecule has 132 valence electrons. The van der Waals surface area contributed by atoms with Crippen molar-refractivity contribution in [3.05, 3.63) is 97.1 Å². The lowest BCUT2D eigenvalue weighted by Crippen LogP contribution is -2.44. The fourth-order valence-corrected chi connectivity index (χ4v) is 3.96. The fraction of sp³-hybridized carbons (Fsp3) is 0.136. The molecule has 0 spiro atoms. The molecule has 0 radical (unpaired) electrons. The molecular weight excluding hydrogens is 360 g/mol. The summed E-state index contributed by atoms with van der Waals surface area (Å²) in [6, 6.07) is 17.6. The second kappa shape index (κ2) is 9.41. The van der Waals surface area contributed by atoms with Crippen molar-refractivity contribution in [3.8, 4) is 0 Å². The molecule has 0 heterocycles. The van der Waals surface area contributed by atoms with Crippen LogP contribution in [0.2, 0.25) is 0 Å². The second-order valence-electron chi connectivity index (χ2n) is 5.68. The summed E-state index contributed by atoms with van der Waals surface area (Å²) in [5.74, 6) is -0.0659. The number of benzene rings is 2. The van der Waals surface area contributed by atoms with Crippen molar-refractivity contribution in [1.29, 1.82) is 0 Å². The standard InChI is InChI=1S/C22H20O2S2/c1-3-15-22(21(25)26-16-4-2,19(23)17-11-7-5-8-12-17)20(24)18-13-9-6-10-14-18/h3-14H,1-2,15-16H2. The number of ketones is 2. The van der Waals surface area contributed by atoms with Gasteiger partial charge < -0.3 is 0 Å². The Balaban J connectivity index is 2.62. The van der Waals surface area contributed by atoms with Crippen molar-refractivity contribution in [2.75, 3.05) is 5.75 Å². The van der Waals surface area contributed by atoms with E-state index >= 15 is 0 Å². The van der Waals surface area contributed by atoms with Crippen molar-refractivity contribution in [3.63, 3.8) is 0 Å². The molecule has 0 aromatic heterocycles. The highest BCUT2D eigenvalue weighted by molar-refractivity contribution is 8.23. The summed E-state index contributed by atoms with van der Waals surface area (Å²) >= 11 is 6.89. The lowest BCUT2D eigenvalue weighted by molar-refractivity contribution is 0.0757. The van der Waals surface area contributed by atoms with E-state index in [1.807, 2.05) is 12.1 Å². The Morgan fingerprint density at radius 3 is 1.73 bits per heavy atom. The third-order valence-corrected chi connectivity index (χ3v) is 5.69. The molecule has 2 nitrogen and oxygen atoms in total. The fourth-order valence-electron chi connectivity index (χ4n) is 2.70. The van der Waals surface area contributed by atoms with Crippen molar-refractivity contribution in [1.82, 2.24) is 0 Å². The summed E-state index contributed by atoms with van der Waals surface area (Å²) in [5, 5.41) is 0. The normalized spacial score (nSPS) is 10.8. The molecular formula is C22H20O2S2. The van der Waals surface area contributed by atoms with Gasteiger partial charge in [0.15, 0.2) is 11.6 Å². The number of Topliss-reactive ketones (excluding diaryl/α,β-unsaturated/α-hetero) is 2. The van der Waals surface area contributed by atoms with Crippen LogP contribution in [0.3, 0.4) is 0 Å². The van der Waals surface area contributed by atoms with E-state index in [0.29, 0.717) is 21.1 Å². The highest BCUT2D eigenvalue weighted by Crippen LogP contribution is 2.38. The van der Waals surface area contributed by atoms with Gasteiger partial charge in [-0.25, -0.2) is 0 Å². The summed E-state index contributed by atoms with van der Waals surface area (Å²) in [5.41, 5.74) is -0.548. The van der Waals surface area contributed by atoms with E-state index in [2.05, 4.69) is 13.2 Å². The number of hydrogen-bond acceptors (Lipinski definition) is 4. The molecule has 2 aromatic rings. The predicted octanol–water partition coefficient (Wildman–Crippen LogP) is 5.56. The third kappa shape index (κ3) is 4.09. The van der Waals surface area contributed by atoms with Gasteiger partial charge in [0.25, 0.3) is 0 Å². The largest absolute Gasteiger partial charge is 0.293 e. The van der Waals surface area contributed by atoms with Crippen molar-refractivity contribution in [2.45, 2.75) is 6.42 Å². The first kappa shape index (κ1) is 20.0. The van der Waals surface area contributed by atoms with Crippen molar-refractivity contribution >= 4 is 39.7 Å². The average Bonchev–Trinajstić information content (AvgIpc) is 2.70. The smallest absolute Gasteiger partial charge is 0.182 e. The molecule has 0 saturated heterocycles. The summed E-state index contributed by atoms with van der Waals surface area (Å²) in [6.07, 6.45) is 3.44. The van der Waals surface area contributed by atoms with Crippen LogP contribution in [0, 0.1) is 5.41 Å². The minimum absolute atomic E-state index is 0.150. The van der Waals surface area contributed by atoms with Crippen molar-refractivity contribution in [2.24, 2.45) is 5.41 Å². The van der Waals surface area contributed by atoms with Gasteiger partial charge in [-0.3, -0.25) is 9.59 Å². The maximum Gasteiger partial charge on any atom is 0.182 e. The van der Waals surface area contributed by atoms with E-state index in [0.717, 1.165) is 0 Å². The van der Waals surface area contributed by atoms with Crippen LogP contribution in [-0.4, -0.2) is 21.5 Å². The third-order valence-electron chi connectivity index (χ3n) is 3.98. The maximum absolute atomic E-state index is 13.5. The van der Waals surface area contributed by atoms with Gasteiger partial charge in [0.2, 0.25) is 0 Å². The van der Waals surface area contributed by atoms with Crippen LogP contribution in [0.5, 0.6) is 0 Å². The molecule has 0 saturated carbocycles. The van der Waals surface area contributed by atoms with Crippen LogP contribution < -0.4 is 0 Å². The Hall–Kier alpha value is -2.30. The number of rotatable bonds is 9. The quantitative estimate of drug-likeness (QED) is 0.247. The second-order valence-corrected chi connectivity index (χ2v) is 7.37. The van der Waals surface area contributed by atoms with Crippen LogP contribution in [-0.2, 0) is 0 Å². The van der Waals surface area contributed by atoms with Crippen LogP contribution in [0.25, 0.3) is 0 Å². The van der Waals surface area contributed by atoms with E-state index in [1.165, 1.54) is 11.8 Å². The Morgan fingerprint density at radius 1 is 0.885 bits per heavy atom. The molecule has 0 amide bonds. The monoisotopic (exact) mass is 380 g/mol. The average molecular weight is 381 g/mol. The van der Waals surface area contributed by atoms with Gasteiger partial charge in [-0.2, -0.15) is 0 Å². The first-order chi connectivity index (χ1) is 12.6. The van der Waals surface area contributed by atoms with Crippen LogP contribution in [0.15, 0.2) is 86.0 Å². The lowest BCUT2D eigenvalue weighted by atomic mass is 9.73. The number of carbonyl (C=O) groups excluding carboxylic acids is 2. The number of hydrogen-bond donors (Lipinski definition) is 0. The van der Waals surface area contributed by atoms with Gasteiger partial charge in [0, 0.05) is 16.9 Å². The minimum Gasteiger partial charge on any atom is -0.293 e. The van der Waals surface area contributed by atoms with Crippen LogP contribution in [0.4, 0.5) is 0 Å². The molecule has 0 atom stereocenters. The van der Waals surface area contributed by atoms with E-state index in [4.69, 9.17) is 12.2 Å².